The Bertz CT molecular complexity index is 660. The molecule has 2 bridgehead atoms. The summed E-state index contributed by atoms with van der Waals surface area (Å²) in [6, 6.07) is 2.96. The number of hydrogen-bond donors (Lipinski definition) is 1. The quantitative estimate of drug-likeness (QED) is 0.597. The smallest absolute Gasteiger partial charge is 0.328 e. The van der Waals surface area contributed by atoms with Gasteiger partial charge in [0.15, 0.2) is 0 Å². The van der Waals surface area contributed by atoms with Crippen molar-refractivity contribution in [3.63, 3.8) is 0 Å². The van der Waals surface area contributed by atoms with E-state index < -0.39 is 12.0 Å². The fourth-order valence-electron chi connectivity index (χ4n) is 2.62. The van der Waals surface area contributed by atoms with Crippen molar-refractivity contribution in [1.82, 2.24) is 10.3 Å². The van der Waals surface area contributed by atoms with Gasteiger partial charge in [0.05, 0.1) is 26.2 Å². The first-order chi connectivity index (χ1) is 11.9. The monoisotopic (exact) mass is 410 g/mol. The molecule has 25 heavy (non-hydrogen) atoms. The standard InChI is InChI=1S/C18H23BrN2O4/c1-11(2)14-10-25-6-4-5-12-7-13(20-16(19)8-12)9-15(18(23)24-3)21-17(14)22/h4-5,7-8,11,14-15H,6,9-10H2,1-3H3,(H,21,22)/b5-4-/t14-,15?/m0/s1. The van der Waals surface area contributed by atoms with Crippen molar-refractivity contribution in [2.24, 2.45) is 11.8 Å². The van der Waals surface area contributed by atoms with Gasteiger partial charge in [-0.25, -0.2) is 9.78 Å². The number of aromatic nitrogens is 1. The highest BCUT2D eigenvalue weighted by atomic mass is 79.9. The largest absolute Gasteiger partial charge is 0.467 e. The minimum atomic E-state index is -0.793. The maximum atomic E-state index is 12.6. The van der Waals surface area contributed by atoms with Crippen LogP contribution in [0.2, 0.25) is 0 Å². The second-order valence-electron chi connectivity index (χ2n) is 6.29. The van der Waals surface area contributed by atoms with Crippen LogP contribution < -0.4 is 5.32 Å². The third kappa shape index (κ3) is 5.64. The number of rotatable bonds is 2. The Kier molecular flexibility index (Phi) is 7.13. The minimum Gasteiger partial charge on any atom is -0.467 e. The Balaban J connectivity index is 2.36. The van der Waals surface area contributed by atoms with E-state index in [2.05, 4.69) is 26.2 Å². The van der Waals surface area contributed by atoms with Crippen LogP contribution in [-0.4, -0.2) is 43.2 Å². The number of nitrogens with one attached hydrogen (secondary N) is 1. The van der Waals surface area contributed by atoms with Crippen LogP contribution >= 0.6 is 15.9 Å². The number of pyridine rings is 1. The van der Waals surface area contributed by atoms with Crippen LogP contribution in [0.4, 0.5) is 0 Å². The van der Waals surface area contributed by atoms with Gasteiger partial charge in [0.2, 0.25) is 5.91 Å². The van der Waals surface area contributed by atoms with Gasteiger partial charge in [0, 0.05) is 12.1 Å². The molecule has 0 aliphatic carbocycles. The molecule has 0 radical (unpaired) electrons. The molecule has 2 heterocycles. The van der Waals surface area contributed by atoms with E-state index in [1.54, 1.807) is 0 Å². The van der Waals surface area contributed by atoms with Crippen LogP contribution in [0.3, 0.4) is 0 Å². The molecular weight excluding hydrogens is 388 g/mol. The third-order valence-corrected chi connectivity index (χ3v) is 4.45. The molecule has 7 heteroatoms. The van der Waals surface area contributed by atoms with Crippen molar-refractivity contribution in [3.8, 4) is 0 Å². The summed E-state index contributed by atoms with van der Waals surface area (Å²) in [6.45, 7) is 4.61. The van der Waals surface area contributed by atoms with E-state index in [4.69, 9.17) is 9.47 Å². The Labute approximate surface area is 156 Å². The van der Waals surface area contributed by atoms with Crippen LogP contribution in [-0.2, 0) is 25.5 Å². The highest BCUT2D eigenvalue weighted by molar-refractivity contribution is 9.10. The first-order valence-electron chi connectivity index (χ1n) is 8.19. The summed E-state index contributed by atoms with van der Waals surface area (Å²) in [4.78, 5) is 29.2. The molecule has 1 aromatic heterocycles. The number of nitrogens with zero attached hydrogens (tertiary/aromatic N) is 1. The number of fused-ring (bicyclic) bond motifs is 2. The molecule has 1 aliphatic rings. The normalized spacial score (nSPS) is 23.0. The summed E-state index contributed by atoms with van der Waals surface area (Å²) in [6.07, 6.45) is 4.08. The molecular formula is C18H23BrN2O4. The predicted octanol–water partition coefficient (Wildman–Crippen LogP) is 2.36. The summed E-state index contributed by atoms with van der Waals surface area (Å²) < 4.78 is 11.1. The molecule has 1 aromatic rings. The molecule has 1 N–H and O–H groups in total. The van der Waals surface area contributed by atoms with Crippen LogP contribution in [0.5, 0.6) is 0 Å². The third-order valence-electron chi connectivity index (χ3n) is 4.05. The Morgan fingerprint density at radius 3 is 2.88 bits per heavy atom. The number of halogens is 1. The molecule has 1 amide bonds. The molecule has 2 rings (SSSR count). The van der Waals surface area contributed by atoms with Crippen LogP contribution in [0, 0.1) is 11.8 Å². The SMILES string of the molecule is COC(=O)C1Cc2cc(cc(Br)n2)/C=C\COC[C@@H](C(C)C)C(=O)N1. The van der Waals surface area contributed by atoms with E-state index in [0.717, 1.165) is 5.56 Å². The molecule has 1 unspecified atom stereocenters. The maximum absolute atomic E-state index is 12.6. The first kappa shape index (κ1) is 19.6. The van der Waals surface area contributed by atoms with Gasteiger partial charge in [-0.05, 0) is 39.5 Å². The molecule has 0 saturated heterocycles. The fourth-order valence-corrected chi connectivity index (χ4v) is 3.11. The number of esters is 1. The summed E-state index contributed by atoms with van der Waals surface area (Å²) in [5.41, 5.74) is 1.63. The number of ether oxygens (including phenoxy) is 2. The van der Waals surface area contributed by atoms with Gasteiger partial charge in [0.1, 0.15) is 10.6 Å². The van der Waals surface area contributed by atoms with Crippen molar-refractivity contribution >= 4 is 33.9 Å². The predicted molar refractivity (Wildman–Crippen MR) is 97.8 cm³/mol. The van der Waals surface area contributed by atoms with Crippen molar-refractivity contribution in [2.45, 2.75) is 26.3 Å². The Morgan fingerprint density at radius 2 is 2.20 bits per heavy atom. The van der Waals surface area contributed by atoms with E-state index in [9.17, 15) is 9.59 Å². The van der Waals surface area contributed by atoms with Gasteiger partial charge < -0.3 is 14.8 Å². The summed E-state index contributed by atoms with van der Waals surface area (Å²) in [7, 11) is 1.31. The van der Waals surface area contributed by atoms with Crippen molar-refractivity contribution in [1.29, 1.82) is 0 Å². The molecule has 136 valence electrons. The van der Waals surface area contributed by atoms with Crippen molar-refractivity contribution < 1.29 is 19.1 Å². The Hall–Kier alpha value is -1.73. The van der Waals surface area contributed by atoms with Gasteiger partial charge in [-0.2, -0.15) is 0 Å². The average molecular weight is 411 g/mol. The molecule has 0 saturated carbocycles. The topological polar surface area (TPSA) is 77.5 Å². The van der Waals surface area contributed by atoms with E-state index in [1.165, 1.54) is 7.11 Å². The van der Waals surface area contributed by atoms with Gasteiger partial charge in [0.25, 0.3) is 0 Å². The van der Waals surface area contributed by atoms with E-state index in [-0.39, 0.29) is 24.2 Å². The number of carbonyl (C=O) groups is 2. The second kappa shape index (κ2) is 9.10. The summed E-state index contributed by atoms with van der Waals surface area (Å²) >= 11 is 3.38. The number of carbonyl (C=O) groups excluding carboxylic acids is 2. The first-order valence-corrected chi connectivity index (χ1v) is 8.99. The molecule has 2 atom stereocenters. The van der Waals surface area contributed by atoms with Gasteiger partial charge in [-0.1, -0.05) is 26.0 Å². The molecule has 1 aliphatic heterocycles. The molecule has 0 fully saturated rings. The van der Waals surface area contributed by atoms with Gasteiger partial charge in [-0.3, -0.25) is 4.79 Å². The van der Waals surface area contributed by atoms with Crippen LogP contribution in [0.15, 0.2) is 22.8 Å². The zero-order valence-corrected chi connectivity index (χ0v) is 16.2. The summed E-state index contributed by atoms with van der Waals surface area (Å²) in [5, 5.41) is 2.80. The fraction of sp³-hybridized carbons (Fsp3) is 0.500. The number of hydrogen-bond acceptors (Lipinski definition) is 5. The highest BCUT2D eigenvalue weighted by Crippen LogP contribution is 2.17. The van der Waals surface area contributed by atoms with E-state index in [1.807, 2.05) is 38.1 Å². The molecule has 0 aromatic carbocycles. The molecule has 6 nitrogen and oxygen atoms in total. The zero-order valence-electron chi connectivity index (χ0n) is 14.6. The lowest BCUT2D eigenvalue weighted by Crippen LogP contribution is -2.47. The van der Waals surface area contributed by atoms with E-state index in [0.29, 0.717) is 23.5 Å². The second-order valence-corrected chi connectivity index (χ2v) is 7.11. The Morgan fingerprint density at radius 1 is 1.44 bits per heavy atom. The number of amides is 1. The number of methoxy groups -OCH3 is 1. The highest BCUT2D eigenvalue weighted by Gasteiger charge is 2.29. The minimum absolute atomic E-state index is 0.0840. The maximum Gasteiger partial charge on any atom is 0.328 e. The van der Waals surface area contributed by atoms with Crippen LogP contribution in [0.1, 0.15) is 25.1 Å². The van der Waals surface area contributed by atoms with Crippen LogP contribution in [0.25, 0.3) is 6.08 Å². The van der Waals surface area contributed by atoms with Gasteiger partial charge >= 0.3 is 5.97 Å². The lowest BCUT2D eigenvalue weighted by molar-refractivity contribution is -0.146. The van der Waals surface area contributed by atoms with Crippen molar-refractivity contribution in [2.75, 3.05) is 20.3 Å². The van der Waals surface area contributed by atoms with Crippen molar-refractivity contribution in [3.05, 3.63) is 34.1 Å². The lowest BCUT2D eigenvalue weighted by Gasteiger charge is -2.23. The molecule has 0 spiro atoms. The lowest BCUT2D eigenvalue weighted by atomic mass is 9.95. The van der Waals surface area contributed by atoms with Gasteiger partial charge in [-0.15, -0.1) is 0 Å². The zero-order chi connectivity index (χ0) is 18.4. The average Bonchev–Trinajstić information content (AvgIpc) is 2.55. The summed E-state index contributed by atoms with van der Waals surface area (Å²) in [5.74, 6) is -0.973. The van der Waals surface area contributed by atoms with E-state index >= 15 is 0 Å².